The first-order valence-corrected chi connectivity index (χ1v) is 18.9. The number of anilines is 2. The SMILES string of the molecule is C=C/C(=C\C)c1ccc(N(C(/C=C\C)=C/C)c2ccc(-c3ccc4c(c3)C3(C5=C4C=CCC5)c4ccccc4-c4c3ccc3ccccc43)cc2)cc1. The van der Waals surface area contributed by atoms with Crippen molar-refractivity contribution in [2.45, 2.75) is 39.0 Å². The molecule has 0 saturated carbocycles. The lowest BCUT2D eigenvalue weighted by Crippen LogP contribution is -2.27. The molecule has 0 N–H and O–H groups in total. The van der Waals surface area contributed by atoms with Gasteiger partial charge in [0, 0.05) is 17.1 Å². The zero-order valence-electron chi connectivity index (χ0n) is 30.7. The minimum absolute atomic E-state index is 0.309. The molecule has 0 amide bonds. The van der Waals surface area contributed by atoms with Crippen molar-refractivity contribution >= 4 is 33.3 Å². The van der Waals surface area contributed by atoms with Gasteiger partial charge in [0.1, 0.15) is 0 Å². The van der Waals surface area contributed by atoms with E-state index < -0.39 is 0 Å². The second kappa shape index (κ2) is 13.1. The van der Waals surface area contributed by atoms with E-state index in [0.717, 1.165) is 41.1 Å². The highest BCUT2D eigenvalue weighted by Gasteiger charge is 2.53. The zero-order chi connectivity index (χ0) is 36.1. The molecular weight excluding hydrogens is 639 g/mol. The van der Waals surface area contributed by atoms with Crippen LogP contribution in [-0.4, -0.2) is 0 Å². The summed E-state index contributed by atoms with van der Waals surface area (Å²) >= 11 is 0. The van der Waals surface area contributed by atoms with Crippen LogP contribution in [0.25, 0.3) is 44.2 Å². The van der Waals surface area contributed by atoms with Gasteiger partial charge in [-0.2, -0.15) is 0 Å². The average Bonchev–Trinajstić information content (AvgIpc) is 3.69. The van der Waals surface area contributed by atoms with Gasteiger partial charge in [-0.25, -0.2) is 0 Å². The smallest absolute Gasteiger partial charge is 0.0689 e. The quantitative estimate of drug-likeness (QED) is 0.152. The average molecular weight is 682 g/mol. The molecule has 1 nitrogen and oxygen atoms in total. The molecule has 0 radical (unpaired) electrons. The van der Waals surface area contributed by atoms with Gasteiger partial charge >= 0.3 is 0 Å². The summed E-state index contributed by atoms with van der Waals surface area (Å²) in [4.78, 5) is 2.33. The fourth-order valence-electron chi connectivity index (χ4n) is 9.33. The Kier molecular flexibility index (Phi) is 8.09. The second-order valence-electron chi connectivity index (χ2n) is 14.2. The van der Waals surface area contributed by atoms with Gasteiger partial charge < -0.3 is 4.90 Å². The first-order chi connectivity index (χ1) is 26.1. The summed E-state index contributed by atoms with van der Waals surface area (Å²) < 4.78 is 0. The van der Waals surface area contributed by atoms with Crippen molar-refractivity contribution in [1.82, 2.24) is 0 Å². The largest absolute Gasteiger partial charge is 0.311 e. The van der Waals surface area contributed by atoms with Crippen LogP contribution in [0.3, 0.4) is 0 Å². The maximum absolute atomic E-state index is 4.00. The molecule has 0 aliphatic heterocycles. The van der Waals surface area contributed by atoms with Crippen LogP contribution in [0.2, 0.25) is 0 Å². The van der Waals surface area contributed by atoms with Crippen molar-refractivity contribution in [1.29, 1.82) is 0 Å². The summed E-state index contributed by atoms with van der Waals surface area (Å²) in [7, 11) is 0. The van der Waals surface area contributed by atoms with E-state index in [9.17, 15) is 0 Å². The van der Waals surface area contributed by atoms with Gasteiger partial charge in [0.25, 0.3) is 0 Å². The Morgan fingerprint density at radius 3 is 2.17 bits per heavy atom. The molecule has 0 aromatic heterocycles. The predicted octanol–water partition coefficient (Wildman–Crippen LogP) is 14.1. The molecular formula is C52H43N. The van der Waals surface area contributed by atoms with E-state index in [1.54, 1.807) is 5.57 Å². The monoisotopic (exact) mass is 681 g/mol. The van der Waals surface area contributed by atoms with Crippen LogP contribution < -0.4 is 4.90 Å². The van der Waals surface area contributed by atoms with Crippen molar-refractivity contribution in [3.05, 3.63) is 216 Å². The van der Waals surface area contributed by atoms with E-state index in [1.807, 2.05) is 6.08 Å². The Bertz CT molecular complexity index is 2590. The first kappa shape index (κ1) is 32.7. The third-order valence-corrected chi connectivity index (χ3v) is 11.6. The lowest BCUT2D eigenvalue weighted by atomic mass is 9.67. The highest BCUT2D eigenvalue weighted by molar-refractivity contribution is 6.06. The molecule has 9 rings (SSSR count). The van der Waals surface area contributed by atoms with Gasteiger partial charge in [-0.15, -0.1) is 0 Å². The molecule has 0 fully saturated rings. The Labute approximate surface area is 314 Å². The van der Waals surface area contributed by atoms with E-state index in [2.05, 4.69) is 196 Å². The molecule has 0 saturated heterocycles. The predicted molar refractivity (Wildman–Crippen MR) is 227 cm³/mol. The molecule has 6 aromatic rings. The van der Waals surface area contributed by atoms with Crippen LogP contribution in [0.5, 0.6) is 0 Å². The van der Waals surface area contributed by atoms with Crippen molar-refractivity contribution in [3.8, 4) is 22.3 Å². The van der Waals surface area contributed by atoms with Crippen LogP contribution in [-0.2, 0) is 5.41 Å². The Hall–Kier alpha value is -6.18. The van der Waals surface area contributed by atoms with Gasteiger partial charge in [0.05, 0.1) is 5.41 Å². The molecule has 53 heavy (non-hydrogen) atoms. The summed E-state index contributed by atoms with van der Waals surface area (Å²) in [6.07, 6.45) is 17.4. The third-order valence-electron chi connectivity index (χ3n) is 11.6. The van der Waals surface area contributed by atoms with Crippen LogP contribution in [0, 0.1) is 0 Å². The number of allylic oxidation sites excluding steroid dienone is 10. The number of nitrogens with zero attached hydrogens (tertiary/aromatic N) is 1. The third kappa shape index (κ3) is 4.91. The van der Waals surface area contributed by atoms with Gasteiger partial charge in [-0.1, -0.05) is 140 Å². The molecule has 1 atom stereocenters. The van der Waals surface area contributed by atoms with Gasteiger partial charge in [-0.05, 0) is 148 Å². The van der Waals surface area contributed by atoms with Crippen molar-refractivity contribution in [3.63, 3.8) is 0 Å². The fourth-order valence-corrected chi connectivity index (χ4v) is 9.33. The van der Waals surface area contributed by atoms with Crippen molar-refractivity contribution in [2.75, 3.05) is 4.90 Å². The van der Waals surface area contributed by atoms with Crippen LogP contribution in [0.1, 0.15) is 61.4 Å². The van der Waals surface area contributed by atoms with E-state index >= 15 is 0 Å². The van der Waals surface area contributed by atoms with Crippen LogP contribution >= 0.6 is 0 Å². The topological polar surface area (TPSA) is 3.24 Å². The highest BCUT2D eigenvalue weighted by atomic mass is 15.1. The number of rotatable bonds is 7. The first-order valence-electron chi connectivity index (χ1n) is 18.9. The van der Waals surface area contributed by atoms with E-state index in [-0.39, 0.29) is 5.41 Å². The Morgan fingerprint density at radius 2 is 1.42 bits per heavy atom. The number of fused-ring (bicyclic) bond motifs is 11. The Morgan fingerprint density at radius 1 is 0.679 bits per heavy atom. The zero-order valence-corrected chi connectivity index (χ0v) is 30.7. The van der Waals surface area contributed by atoms with E-state index in [4.69, 9.17) is 0 Å². The van der Waals surface area contributed by atoms with E-state index in [1.165, 1.54) is 60.9 Å². The summed E-state index contributed by atoms with van der Waals surface area (Å²) in [5.41, 5.74) is 19.1. The lowest BCUT2D eigenvalue weighted by Gasteiger charge is -2.33. The molecule has 256 valence electrons. The van der Waals surface area contributed by atoms with Gasteiger partial charge in [-0.3, -0.25) is 0 Å². The normalized spacial score (nSPS) is 17.3. The summed E-state index contributed by atoms with van der Waals surface area (Å²) in [6, 6.07) is 47.9. The molecule has 1 unspecified atom stereocenters. The van der Waals surface area contributed by atoms with Gasteiger partial charge in [0.15, 0.2) is 0 Å². The highest BCUT2D eigenvalue weighted by Crippen LogP contribution is 2.64. The molecule has 3 aliphatic rings. The maximum Gasteiger partial charge on any atom is 0.0689 e. The van der Waals surface area contributed by atoms with Crippen molar-refractivity contribution < 1.29 is 0 Å². The lowest BCUT2D eigenvalue weighted by molar-refractivity contribution is 0.715. The number of hydrogen-bond donors (Lipinski definition) is 0. The molecule has 0 heterocycles. The summed E-state index contributed by atoms with van der Waals surface area (Å²) in [6.45, 7) is 10.2. The van der Waals surface area contributed by atoms with Crippen LogP contribution in [0.4, 0.5) is 11.4 Å². The molecule has 1 spiro atoms. The van der Waals surface area contributed by atoms with Crippen molar-refractivity contribution in [2.24, 2.45) is 0 Å². The number of benzene rings is 6. The summed E-state index contributed by atoms with van der Waals surface area (Å²) in [5, 5.41) is 2.63. The minimum atomic E-state index is -0.309. The molecule has 6 aromatic carbocycles. The number of hydrogen-bond acceptors (Lipinski definition) is 1. The van der Waals surface area contributed by atoms with E-state index in [0.29, 0.717) is 0 Å². The minimum Gasteiger partial charge on any atom is -0.311 e. The molecule has 0 bridgehead atoms. The Balaban J connectivity index is 1.18. The van der Waals surface area contributed by atoms with Crippen LogP contribution in [0.15, 0.2) is 188 Å². The second-order valence-corrected chi connectivity index (χ2v) is 14.2. The molecule has 1 heteroatoms. The fraction of sp³-hybridized carbons (Fsp3) is 0.115. The van der Waals surface area contributed by atoms with Gasteiger partial charge in [0.2, 0.25) is 0 Å². The summed E-state index contributed by atoms with van der Waals surface area (Å²) in [5.74, 6) is 0. The maximum atomic E-state index is 4.00. The molecule has 3 aliphatic carbocycles. The standard InChI is InChI=1S/C52H43N/c1-5-15-40(8-4)53(41-28-22-36(23-29-41)35(6-2)7-3)42-30-24-37(25-31-42)39-26-32-45-44-18-11-13-20-47(44)52(50(45)34-39)48-21-14-12-19-46(48)51-43-17-10-9-16-38(43)27-33-49(51)52/h5-12,14-19,21-34H,2,13,20H2,1,3-4H3/b15-5-,35-7+,40-8+.